The monoisotopic (exact) mass is 191 g/mol. The van der Waals surface area contributed by atoms with Gasteiger partial charge in [0.15, 0.2) is 0 Å². The third kappa shape index (κ3) is 1.52. The number of fused-ring (bicyclic) bond motifs is 1. The molecule has 1 heterocycles. The molecule has 0 spiro atoms. The Balaban J connectivity index is 2.87. The SMILES string of the molecule is Cc1cc(C)c2nc(Cl)ccc2c1. The third-order valence-corrected chi connectivity index (χ3v) is 2.30. The fraction of sp³-hybridized carbons (Fsp3) is 0.182. The first-order chi connectivity index (χ1) is 6.16. The summed E-state index contributed by atoms with van der Waals surface area (Å²) < 4.78 is 0. The second-order valence-electron chi connectivity index (χ2n) is 3.29. The molecule has 2 heteroatoms. The lowest BCUT2D eigenvalue weighted by molar-refractivity contribution is 1.34. The summed E-state index contributed by atoms with van der Waals surface area (Å²) in [5, 5.41) is 1.71. The van der Waals surface area contributed by atoms with E-state index in [0.717, 1.165) is 10.9 Å². The van der Waals surface area contributed by atoms with Crippen LogP contribution in [0.4, 0.5) is 0 Å². The first-order valence-corrected chi connectivity index (χ1v) is 4.58. The van der Waals surface area contributed by atoms with E-state index in [9.17, 15) is 0 Å². The summed E-state index contributed by atoms with van der Waals surface area (Å²) in [4.78, 5) is 4.28. The first-order valence-electron chi connectivity index (χ1n) is 4.20. The molecule has 0 atom stereocenters. The number of aromatic nitrogens is 1. The zero-order valence-corrected chi connectivity index (χ0v) is 8.39. The van der Waals surface area contributed by atoms with E-state index < -0.39 is 0 Å². The van der Waals surface area contributed by atoms with E-state index in [1.807, 2.05) is 12.1 Å². The molecule has 0 radical (unpaired) electrons. The van der Waals surface area contributed by atoms with E-state index >= 15 is 0 Å². The number of pyridine rings is 1. The van der Waals surface area contributed by atoms with E-state index in [2.05, 4.69) is 31.0 Å². The van der Waals surface area contributed by atoms with Crippen molar-refractivity contribution in [2.45, 2.75) is 13.8 Å². The van der Waals surface area contributed by atoms with Crippen LogP contribution in [0.3, 0.4) is 0 Å². The van der Waals surface area contributed by atoms with Gasteiger partial charge in [0.05, 0.1) is 5.52 Å². The number of hydrogen-bond acceptors (Lipinski definition) is 1. The molecule has 0 aliphatic rings. The maximum absolute atomic E-state index is 5.82. The van der Waals surface area contributed by atoms with Gasteiger partial charge < -0.3 is 0 Å². The first kappa shape index (κ1) is 8.52. The summed E-state index contributed by atoms with van der Waals surface area (Å²) in [5.74, 6) is 0. The number of nitrogens with zero attached hydrogens (tertiary/aromatic N) is 1. The molecule has 2 rings (SSSR count). The average molecular weight is 192 g/mol. The summed E-state index contributed by atoms with van der Waals surface area (Å²) in [6, 6.07) is 8.06. The molecular formula is C11H10ClN. The minimum Gasteiger partial charge on any atom is -0.236 e. The van der Waals surface area contributed by atoms with E-state index in [1.54, 1.807) is 0 Å². The van der Waals surface area contributed by atoms with Crippen LogP contribution in [0.25, 0.3) is 10.9 Å². The van der Waals surface area contributed by atoms with Gasteiger partial charge in [-0.3, -0.25) is 0 Å². The Morgan fingerprint density at radius 1 is 1.15 bits per heavy atom. The third-order valence-electron chi connectivity index (χ3n) is 2.09. The lowest BCUT2D eigenvalue weighted by Crippen LogP contribution is -1.85. The van der Waals surface area contributed by atoms with Crippen LogP contribution in [0, 0.1) is 13.8 Å². The molecule has 0 saturated carbocycles. The van der Waals surface area contributed by atoms with Gasteiger partial charge in [0.2, 0.25) is 0 Å². The van der Waals surface area contributed by atoms with Gasteiger partial charge in [-0.05, 0) is 37.6 Å². The number of rotatable bonds is 0. The molecule has 1 aromatic heterocycles. The Morgan fingerprint density at radius 2 is 1.92 bits per heavy atom. The normalized spacial score (nSPS) is 10.7. The van der Waals surface area contributed by atoms with Crippen molar-refractivity contribution in [3.63, 3.8) is 0 Å². The molecule has 0 amide bonds. The molecule has 1 aromatic carbocycles. The number of benzene rings is 1. The van der Waals surface area contributed by atoms with E-state index in [0.29, 0.717) is 5.15 Å². The molecule has 0 aliphatic carbocycles. The Bertz CT molecular complexity index is 463. The summed E-state index contributed by atoms with van der Waals surface area (Å²) in [6.45, 7) is 4.14. The quantitative estimate of drug-likeness (QED) is 0.581. The Labute approximate surface area is 82.4 Å². The van der Waals surface area contributed by atoms with Crippen LogP contribution in [0.1, 0.15) is 11.1 Å². The van der Waals surface area contributed by atoms with Gasteiger partial charge >= 0.3 is 0 Å². The van der Waals surface area contributed by atoms with Crippen molar-refractivity contribution in [3.8, 4) is 0 Å². The minimum atomic E-state index is 0.555. The zero-order valence-electron chi connectivity index (χ0n) is 7.63. The highest BCUT2D eigenvalue weighted by Gasteiger charge is 2.00. The summed E-state index contributed by atoms with van der Waals surface area (Å²) >= 11 is 5.82. The van der Waals surface area contributed by atoms with Crippen molar-refractivity contribution in [3.05, 3.63) is 40.5 Å². The van der Waals surface area contributed by atoms with Gasteiger partial charge in [-0.2, -0.15) is 0 Å². The molecule has 1 nitrogen and oxygen atoms in total. The van der Waals surface area contributed by atoms with Crippen LogP contribution in [-0.4, -0.2) is 4.98 Å². The molecule has 0 saturated heterocycles. The number of halogens is 1. The van der Waals surface area contributed by atoms with Gasteiger partial charge in [0.1, 0.15) is 5.15 Å². The molecule has 0 aliphatic heterocycles. The van der Waals surface area contributed by atoms with Crippen LogP contribution in [0.2, 0.25) is 5.15 Å². The summed E-state index contributed by atoms with van der Waals surface area (Å²) in [5.41, 5.74) is 3.43. The van der Waals surface area contributed by atoms with Gasteiger partial charge in [0.25, 0.3) is 0 Å². The molecule has 2 aromatic rings. The van der Waals surface area contributed by atoms with Crippen molar-refractivity contribution < 1.29 is 0 Å². The minimum absolute atomic E-state index is 0.555. The van der Waals surface area contributed by atoms with E-state index in [-0.39, 0.29) is 0 Å². The van der Waals surface area contributed by atoms with Gasteiger partial charge in [0, 0.05) is 5.39 Å². The molecule has 0 fully saturated rings. The standard InChI is InChI=1S/C11H10ClN/c1-7-5-8(2)11-9(6-7)3-4-10(12)13-11/h3-6H,1-2H3. The van der Waals surface area contributed by atoms with E-state index in [1.165, 1.54) is 11.1 Å². The summed E-state index contributed by atoms with van der Waals surface area (Å²) in [7, 11) is 0. The lowest BCUT2D eigenvalue weighted by atomic mass is 10.1. The van der Waals surface area contributed by atoms with E-state index in [4.69, 9.17) is 11.6 Å². The smallest absolute Gasteiger partial charge is 0.129 e. The maximum atomic E-state index is 5.82. The highest BCUT2D eigenvalue weighted by atomic mass is 35.5. The topological polar surface area (TPSA) is 12.9 Å². The van der Waals surface area contributed by atoms with Gasteiger partial charge in [-0.1, -0.05) is 23.2 Å². The van der Waals surface area contributed by atoms with Crippen LogP contribution < -0.4 is 0 Å². The molecule has 13 heavy (non-hydrogen) atoms. The van der Waals surface area contributed by atoms with Gasteiger partial charge in [-0.25, -0.2) is 4.98 Å². The van der Waals surface area contributed by atoms with Crippen LogP contribution >= 0.6 is 11.6 Å². The molecular weight excluding hydrogens is 182 g/mol. The predicted octanol–water partition coefficient (Wildman–Crippen LogP) is 3.51. The Hall–Kier alpha value is -1.08. The van der Waals surface area contributed by atoms with Crippen LogP contribution in [0.5, 0.6) is 0 Å². The second-order valence-corrected chi connectivity index (χ2v) is 3.67. The fourth-order valence-corrected chi connectivity index (χ4v) is 1.72. The Kier molecular flexibility index (Phi) is 1.97. The second kappa shape index (κ2) is 3.00. The molecule has 66 valence electrons. The zero-order chi connectivity index (χ0) is 9.42. The van der Waals surface area contributed by atoms with Crippen molar-refractivity contribution in [1.29, 1.82) is 0 Å². The van der Waals surface area contributed by atoms with Crippen molar-refractivity contribution >= 4 is 22.5 Å². The highest BCUT2D eigenvalue weighted by molar-refractivity contribution is 6.29. The maximum Gasteiger partial charge on any atom is 0.129 e. The lowest BCUT2D eigenvalue weighted by Gasteiger charge is -2.03. The van der Waals surface area contributed by atoms with Crippen LogP contribution in [0.15, 0.2) is 24.3 Å². The Morgan fingerprint density at radius 3 is 2.69 bits per heavy atom. The number of hydrogen-bond donors (Lipinski definition) is 0. The molecule has 0 N–H and O–H groups in total. The molecule has 0 bridgehead atoms. The largest absolute Gasteiger partial charge is 0.236 e. The van der Waals surface area contributed by atoms with Gasteiger partial charge in [-0.15, -0.1) is 0 Å². The summed E-state index contributed by atoms with van der Waals surface area (Å²) in [6.07, 6.45) is 0. The van der Waals surface area contributed by atoms with Crippen molar-refractivity contribution in [2.24, 2.45) is 0 Å². The average Bonchev–Trinajstić information content (AvgIpc) is 2.06. The number of aryl methyl sites for hydroxylation is 2. The van der Waals surface area contributed by atoms with Crippen LogP contribution in [-0.2, 0) is 0 Å². The van der Waals surface area contributed by atoms with Crippen molar-refractivity contribution in [1.82, 2.24) is 4.98 Å². The van der Waals surface area contributed by atoms with Crippen molar-refractivity contribution in [2.75, 3.05) is 0 Å². The predicted molar refractivity (Wildman–Crippen MR) is 56.2 cm³/mol. The highest BCUT2D eigenvalue weighted by Crippen LogP contribution is 2.20. The fourth-order valence-electron chi connectivity index (χ4n) is 1.58. The molecule has 0 unspecified atom stereocenters.